The van der Waals surface area contributed by atoms with Crippen LogP contribution in [-0.4, -0.2) is 17.7 Å². The molecule has 5 heteroatoms. The first-order chi connectivity index (χ1) is 10.9. The van der Waals surface area contributed by atoms with Crippen LogP contribution in [0.4, 0.5) is 11.4 Å². The second-order valence-corrected chi connectivity index (χ2v) is 5.12. The number of anilines is 2. The maximum atomic E-state index is 11.9. The van der Waals surface area contributed by atoms with Gasteiger partial charge in [-0.05, 0) is 12.1 Å². The van der Waals surface area contributed by atoms with E-state index in [2.05, 4.69) is 5.32 Å². The molecule has 0 saturated heterocycles. The lowest BCUT2D eigenvalue weighted by molar-refractivity contribution is -0.124. The van der Waals surface area contributed by atoms with E-state index in [1.54, 1.807) is 18.2 Å². The third kappa shape index (κ3) is 3.63. The van der Waals surface area contributed by atoms with Gasteiger partial charge in [0, 0.05) is 37.6 Å². The molecule has 0 radical (unpaired) electrons. The fourth-order valence-corrected chi connectivity index (χ4v) is 2.47. The van der Waals surface area contributed by atoms with Crippen LogP contribution < -0.4 is 10.2 Å². The van der Waals surface area contributed by atoms with Crippen molar-refractivity contribution in [3.05, 3.63) is 48.5 Å². The van der Waals surface area contributed by atoms with Crippen LogP contribution in [0.2, 0.25) is 0 Å². The molecule has 2 aromatic carbocycles. The van der Waals surface area contributed by atoms with Gasteiger partial charge in [-0.15, -0.1) is 0 Å². The first-order valence-electron chi connectivity index (χ1n) is 7.19. The summed E-state index contributed by atoms with van der Waals surface area (Å²) in [5.41, 5.74) is 2.55. The molecule has 5 nitrogen and oxygen atoms in total. The molecule has 0 aliphatic rings. The molecule has 118 valence electrons. The zero-order valence-corrected chi connectivity index (χ0v) is 13.3. The molecule has 0 aromatic heterocycles. The van der Waals surface area contributed by atoms with E-state index in [1.165, 1.54) is 20.8 Å². The molecular formula is C18H18N2O3. The van der Waals surface area contributed by atoms with E-state index in [0.717, 1.165) is 10.5 Å². The van der Waals surface area contributed by atoms with Gasteiger partial charge in [0.2, 0.25) is 17.7 Å². The summed E-state index contributed by atoms with van der Waals surface area (Å²) in [6.07, 6.45) is 0. The van der Waals surface area contributed by atoms with Crippen molar-refractivity contribution in [3.8, 4) is 11.1 Å². The number of para-hydroxylation sites is 2. The lowest BCUT2D eigenvalue weighted by atomic mass is 10.0. The predicted octanol–water partition coefficient (Wildman–Crippen LogP) is 3.21. The van der Waals surface area contributed by atoms with Crippen LogP contribution in [-0.2, 0) is 14.4 Å². The Kier molecular flexibility index (Phi) is 4.91. The van der Waals surface area contributed by atoms with Gasteiger partial charge in [0.05, 0.1) is 5.69 Å². The van der Waals surface area contributed by atoms with Gasteiger partial charge in [0.15, 0.2) is 0 Å². The normalized spacial score (nSPS) is 10.0. The second kappa shape index (κ2) is 6.87. The Morgan fingerprint density at radius 2 is 1.30 bits per heavy atom. The van der Waals surface area contributed by atoms with Gasteiger partial charge in [-0.2, -0.15) is 0 Å². The lowest BCUT2D eigenvalue weighted by Gasteiger charge is -2.22. The number of hydrogen-bond donors (Lipinski definition) is 1. The second-order valence-electron chi connectivity index (χ2n) is 5.12. The Morgan fingerprint density at radius 1 is 0.783 bits per heavy atom. The first-order valence-corrected chi connectivity index (χ1v) is 7.19. The fourth-order valence-electron chi connectivity index (χ4n) is 2.47. The van der Waals surface area contributed by atoms with E-state index in [-0.39, 0.29) is 17.7 Å². The summed E-state index contributed by atoms with van der Waals surface area (Å²) in [5, 5.41) is 2.77. The molecule has 3 amide bonds. The molecule has 0 saturated carbocycles. The van der Waals surface area contributed by atoms with Crippen molar-refractivity contribution in [2.24, 2.45) is 0 Å². The molecule has 0 unspecified atom stereocenters. The van der Waals surface area contributed by atoms with Crippen molar-refractivity contribution >= 4 is 29.1 Å². The van der Waals surface area contributed by atoms with Gasteiger partial charge in [0.1, 0.15) is 0 Å². The smallest absolute Gasteiger partial charge is 0.230 e. The highest BCUT2D eigenvalue weighted by Gasteiger charge is 2.21. The number of imide groups is 1. The van der Waals surface area contributed by atoms with E-state index in [9.17, 15) is 14.4 Å². The van der Waals surface area contributed by atoms with Crippen molar-refractivity contribution in [1.82, 2.24) is 0 Å². The van der Waals surface area contributed by atoms with E-state index in [0.29, 0.717) is 16.9 Å². The molecule has 2 aromatic rings. The van der Waals surface area contributed by atoms with Gasteiger partial charge in [-0.25, -0.2) is 0 Å². The number of hydrogen-bond acceptors (Lipinski definition) is 3. The summed E-state index contributed by atoms with van der Waals surface area (Å²) in [6.45, 7) is 4.12. The number of nitrogens with zero attached hydrogens (tertiary/aromatic N) is 1. The van der Waals surface area contributed by atoms with Crippen LogP contribution in [0.25, 0.3) is 11.1 Å². The highest BCUT2D eigenvalue weighted by Crippen LogP contribution is 2.35. The molecule has 0 fully saturated rings. The third-order valence-corrected chi connectivity index (χ3v) is 3.30. The average molecular weight is 310 g/mol. The predicted molar refractivity (Wildman–Crippen MR) is 90.0 cm³/mol. The van der Waals surface area contributed by atoms with Crippen molar-refractivity contribution in [1.29, 1.82) is 0 Å². The summed E-state index contributed by atoms with van der Waals surface area (Å²) < 4.78 is 0. The molecule has 0 spiro atoms. The van der Waals surface area contributed by atoms with Gasteiger partial charge < -0.3 is 5.32 Å². The van der Waals surface area contributed by atoms with E-state index < -0.39 is 0 Å². The quantitative estimate of drug-likeness (QED) is 0.946. The maximum absolute atomic E-state index is 11.9. The molecule has 0 bridgehead atoms. The maximum Gasteiger partial charge on any atom is 0.230 e. The minimum absolute atomic E-state index is 0.190. The Morgan fingerprint density at radius 3 is 1.87 bits per heavy atom. The molecule has 0 aliphatic carbocycles. The first kappa shape index (κ1) is 16.4. The number of amides is 3. The van der Waals surface area contributed by atoms with Gasteiger partial charge >= 0.3 is 0 Å². The molecule has 0 heterocycles. The zero-order valence-electron chi connectivity index (χ0n) is 13.3. The van der Waals surface area contributed by atoms with Gasteiger partial charge in [0.25, 0.3) is 0 Å². The number of rotatable bonds is 3. The zero-order chi connectivity index (χ0) is 17.0. The van der Waals surface area contributed by atoms with Crippen LogP contribution in [0.3, 0.4) is 0 Å². The molecule has 0 aliphatic heterocycles. The fraction of sp³-hybridized carbons (Fsp3) is 0.167. The van der Waals surface area contributed by atoms with Crippen molar-refractivity contribution in [2.75, 3.05) is 10.2 Å². The summed E-state index contributed by atoms with van der Waals surface area (Å²) in [4.78, 5) is 36.3. The summed E-state index contributed by atoms with van der Waals surface area (Å²) in [7, 11) is 0. The van der Waals surface area contributed by atoms with Crippen LogP contribution in [0.5, 0.6) is 0 Å². The topological polar surface area (TPSA) is 66.5 Å². The highest BCUT2D eigenvalue weighted by molar-refractivity contribution is 6.15. The monoisotopic (exact) mass is 310 g/mol. The van der Waals surface area contributed by atoms with E-state index >= 15 is 0 Å². The van der Waals surface area contributed by atoms with E-state index in [1.807, 2.05) is 30.3 Å². The Hall–Kier alpha value is -2.95. The minimum Gasteiger partial charge on any atom is -0.326 e. The van der Waals surface area contributed by atoms with Crippen LogP contribution in [0, 0.1) is 0 Å². The molecule has 1 N–H and O–H groups in total. The molecule has 23 heavy (non-hydrogen) atoms. The Bertz CT molecular complexity index is 754. The minimum atomic E-state index is -0.359. The SMILES string of the molecule is CC(=O)Nc1ccccc1-c1ccccc1N(C(C)=O)C(C)=O. The van der Waals surface area contributed by atoms with Crippen LogP contribution in [0.1, 0.15) is 20.8 Å². The largest absolute Gasteiger partial charge is 0.326 e. The Balaban J connectivity index is 2.64. The van der Waals surface area contributed by atoms with Crippen LogP contribution in [0.15, 0.2) is 48.5 Å². The summed E-state index contributed by atoms with van der Waals surface area (Å²) in [6, 6.07) is 14.4. The van der Waals surface area contributed by atoms with E-state index in [4.69, 9.17) is 0 Å². The number of benzene rings is 2. The molecular weight excluding hydrogens is 292 g/mol. The standard InChI is InChI=1S/C18H18N2O3/c1-12(21)19-17-10-6-4-8-15(17)16-9-5-7-11-18(16)20(13(2)22)14(3)23/h4-11H,1-3H3,(H,19,21). The van der Waals surface area contributed by atoms with Crippen molar-refractivity contribution in [3.63, 3.8) is 0 Å². The number of nitrogens with one attached hydrogen (secondary N) is 1. The Labute approximate surface area is 134 Å². The highest BCUT2D eigenvalue weighted by atomic mass is 16.2. The van der Waals surface area contributed by atoms with Gasteiger partial charge in [-0.3, -0.25) is 19.3 Å². The summed E-state index contributed by atoms with van der Waals surface area (Å²) in [5.74, 6) is -0.908. The third-order valence-electron chi connectivity index (χ3n) is 3.30. The molecule has 0 atom stereocenters. The summed E-state index contributed by atoms with van der Waals surface area (Å²) >= 11 is 0. The number of carbonyl (C=O) groups is 3. The lowest BCUT2D eigenvalue weighted by Crippen LogP contribution is -2.33. The van der Waals surface area contributed by atoms with Crippen molar-refractivity contribution in [2.45, 2.75) is 20.8 Å². The average Bonchev–Trinajstić information content (AvgIpc) is 2.47. The number of carbonyl (C=O) groups excluding carboxylic acids is 3. The molecule has 2 rings (SSSR count). The van der Waals surface area contributed by atoms with Crippen molar-refractivity contribution < 1.29 is 14.4 Å². The van der Waals surface area contributed by atoms with Crippen LogP contribution >= 0.6 is 0 Å². The van der Waals surface area contributed by atoms with Gasteiger partial charge in [-0.1, -0.05) is 36.4 Å².